The minimum atomic E-state index is -0.470. The molecule has 52 heavy (non-hydrogen) atoms. The van der Waals surface area contributed by atoms with Gasteiger partial charge in [-0.1, -0.05) is 73.7 Å². The number of ether oxygens (including phenoxy) is 6. The molecule has 0 aliphatic carbocycles. The summed E-state index contributed by atoms with van der Waals surface area (Å²) >= 11 is 0. The van der Waals surface area contributed by atoms with E-state index >= 15 is 0 Å². The minimum absolute atomic E-state index is 0. The largest absolute Gasteiger partial charge is 0.475 e. The van der Waals surface area contributed by atoms with Crippen LogP contribution in [0.4, 0.5) is 14.5 Å². The van der Waals surface area contributed by atoms with Crippen LogP contribution in [0.15, 0.2) is 85.2 Å². The predicted molar refractivity (Wildman–Crippen MR) is 206 cm³/mol. The fourth-order valence-corrected chi connectivity index (χ4v) is 4.14. The zero-order valence-corrected chi connectivity index (χ0v) is 29.5. The summed E-state index contributed by atoms with van der Waals surface area (Å²) in [5.74, 6) is 1.11. The maximum absolute atomic E-state index is 11.8. The van der Waals surface area contributed by atoms with Gasteiger partial charge in [0.15, 0.2) is 0 Å². The molecule has 2 aromatic heterocycles. The molecule has 4 aromatic rings. The fourth-order valence-electron chi connectivity index (χ4n) is 4.14. The highest BCUT2D eigenvalue weighted by Crippen LogP contribution is 2.14. The van der Waals surface area contributed by atoms with Crippen molar-refractivity contribution < 1.29 is 37.2 Å². The Morgan fingerprint density at radius 3 is 1.25 bits per heavy atom. The van der Waals surface area contributed by atoms with Crippen molar-refractivity contribution in [3.8, 4) is 11.8 Å². The van der Waals surface area contributed by atoms with Gasteiger partial charge in [0.2, 0.25) is 11.8 Å². The molecule has 11 heteroatoms. The molecule has 282 valence electrons. The Morgan fingerprint density at radius 1 is 0.500 bits per heavy atom. The van der Waals surface area contributed by atoms with Crippen molar-refractivity contribution in [3.63, 3.8) is 0 Å². The third-order valence-corrected chi connectivity index (χ3v) is 6.87. The second-order valence-corrected chi connectivity index (χ2v) is 10.8. The molecule has 0 aliphatic heterocycles. The number of anilines is 1. The van der Waals surface area contributed by atoms with E-state index in [9.17, 15) is 8.78 Å². The summed E-state index contributed by atoms with van der Waals surface area (Å²) in [6.07, 6.45) is 11.6. The molecule has 4 rings (SSSR count). The van der Waals surface area contributed by atoms with Gasteiger partial charge in [-0.15, -0.1) is 0 Å². The third kappa shape index (κ3) is 19.6. The van der Waals surface area contributed by atoms with Crippen molar-refractivity contribution >= 4 is 30.0 Å². The summed E-state index contributed by atoms with van der Waals surface area (Å²) in [5.41, 5.74) is 6.61. The lowest BCUT2D eigenvalue weighted by Crippen LogP contribution is -2.11. The maximum atomic E-state index is 11.8. The van der Waals surface area contributed by atoms with E-state index in [0.29, 0.717) is 64.6 Å². The topological polar surface area (TPSA) is 93.2 Å². The second kappa shape index (κ2) is 28.0. The number of halogens is 2. The average Bonchev–Trinajstić information content (AvgIpc) is 3.17. The molecule has 0 saturated carbocycles. The van der Waals surface area contributed by atoms with Gasteiger partial charge in [0.05, 0.1) is 52.9 Å². The lowest BCUT2D eigenvalue weighted by molar-refractivity contribution is 0.0320. The number of hydrogen-bond donors (Lipinski definition) is 1. The van der Waals surface area contributed by atoms with Gasteiger partial charge in [0.25, 0.3) is 0 Å². The van der Waals surface area contributed by atoms with Crippen LogP contribution < -0.4 is 14.8 Å². The van der Waals surface area contributed by atoms with Gasteiger partial charge in [-0.2, -0.15) is 0 Å². The summed E-state index contributed by atoms with van der Waals surface area (Å²) in [5, 5.41) is 3.09. The number of alkyl halides is 2. The van der Waals surface area contributed by atoms with Gasteiger partial charge in [-0.25, -0.2) is 18.7 Å². The SMILES string of the molecule is C.CNc1ccc(/C=C/c2ccc(OCCOCCOCC[18F])nc2)cc1.Cc1ccc(/C=C/c2ccc(OCCOCCOCC[18F])nc2)cc1. The summed E-state index contributed by atoms with van der Waals surface area (Å²) in [4.78, 5) is 8.54. The Morgan fingerprint density at radius 2 is 0.865 bits per heavy atom. The zero-order valence-electron chi connectivity index (χ0n) is 29.5. The standard InChI is InChI=1S/C20H25FN2O3.C20H24FNO3.CH4/c1-22-19-7-4-17(5-8-19)2-3-18-6-9-20(23-16-18)26-15-14-25-13-12-24-11-10-21;1-17-2-4-18(5-3-17)6-7-19-8-9-20(22-16-19)25-15-14-24-13-12-23-11-10-21;/h2-9,16,22H,10-15H2,1H3;2-9,16H,10-15H2,1H3;1H4/b3-2+;7-6+;/i2*21-1;. The van der Waals surface area contributed by atoms with Crippen LogP contribution in [0.1, 0.15) is 35.2 Å². The molecule has 0 aliphatic rings. The quantitative estimate of drug-likeness (QED) is 0.0761. The van der Waals surface area contributed by atoms with Gasteiger partial charge in [-0.3, -0.25) is 0 Å². The van der Waals surface area contributed by atoms with Crippen molar-refractivity contribution in [1.82, 2.24) is 9.97 Å². The van der Waals surface area contributed by atoms with Gasteiger partial charge >= 0.3 is 0 Å². The first-order valence-corrected chi connectivity index (χ1v) is 16.9. The van der Waals surface area contributed by atoms with E-state index in [1.807, 2.05) is 61.7 Å². The highest BCUT2D eigenvalue weighted by atomic mass is 18.2. The molecule has 2 heterocycles. The summed E-state index contributed by atoms with van der Waals surface area (Å²) in [6, 6.07) is 24.1. The van der Waals surface area contributed by atoms with Crippen LogP contribution in [-0.2, 0) is 18.9 Å². The summed E-state index contributed by atoms with van der Waals surface area (Å²) < 4.78 is 55.2. The second-order valence-electron chi connectivity index (χ2n) is 10.8. The predicted octanol–water partition coefficient (Wildman–Crippen LogP) is 8.25. The van der Waals surface area contributed by atoms with Gasteiger partial charge in [-0.05, 0) is 53.4 Å². The number of aryl methyl sites for hydroxylation is 1. The van der Waals surface area contributed by atoms with Crippen LogP contribution in [0.2, 0.25) is 0 Å². The molecule has 0 unspecified atom stereocenters. The first-order chi connectivity index (χ1) is 25.1. The monoisotopic (exact) mass is 719 g/mol. The van der Waals surface area contributed by atoms with Gasteiger partial charge in [0, 0.05) is 37.3 Å². The lowest BCUT2D eigenvalue weighted by Gasteiger charge is -2.06. The number of benzene rings is 2. The Kier molecular flexibility index (Phi) is 23.4. The van der Waals surface area contributed by atoms with E-state index in [1.165, 1.54) is 5.56 Å². The van der Waals surface area contributed by atoms with Gasteiger partial charge < -0.3 is 33.7 Å². The molecule has 0 atom stereocenters. The molecule has 0 radical (unpaired) electrons. The smallest absolute Gasteiger partial charge is 0.213 e. The van der Waals surface area contributed by atoms with Crippen LogP contribution in [0.3, 0.4) is 0 Å². The summed E-state index contributed by atoms with van der Waals surface area (Å²) in [6.45, 7) is 4.70. The number of rotatable bonds is 23. The molecular formula is C41H53F2N3O6. The molecule has 0 fully saturated rings. The zero-order chi connectivity index (χ0) is 36.2. The van der Waals surface area contributed by atoms with Crippen LogP contribution in [-0.4, -0.2) is 96.4 Å². The Labute approximate surface area is 307 Å². The highest BCUT2D eigenvalue weighted by Gasteiger charge is 1.98. The number of pyridine rings is 2. The molecule has 1 N–H and O–H groups in total. The number of nitrogens with zero attached hydrogens (tertiary/aromatic N) is 2. The van der Waals surface area contributed by atoms with E-state index in [4.69, 9.17) is 28.4 Å². The maximum Gasteiger partial charge on any atom is 0.213 e. The number of aromatic nitrogens is 2. The minimum Gasteiger partial charge on any atom is -0.475 e. The highest BCUT2D eigenvalue weighted by molar-refractivity contribution is 5.70. The molecule has 2 aromatic carbocycles. The number of nitrogens with one attached hydrogen (secondary N) is 1. The van der Waals surface area contributed by atoms with E-state index < -0.39 is 13.3 Å². The molecule has 0 saturated heterocycles. The first-order valence-electron chi connectivity index (χ1n) is 16.9. The molecule has 0 spiro atoms. The van der Waals surface area contributed by atoms with E-state index in [0.717, 1.165) is 27.9 Å². The normalized spacial score (nSPS) is 10.8. The van der Waals surface area contributed by atoms with Crippen LogP contribution >= 0.6 is 0 Å². The van der Waals surface area contributed by atoms with Crippen molar-refractivity contribution in [3.05, 3.63) is 113 Å². The van der Waals surface area contributed by atoms with Crippen LogP contribution in [0.25, 0.3) is 24.3 Å². The number of hydrogen-bond acceptors (Lipinski definition) is 9. The fraction of sp³-hybridized carbons (Fsp3) is 0.366. The Balaban J connectivity index is 0.000000354. The van der Waals surface area contributed by atoms with Crippen LogP contribution in [0.5, 0.6) is 11.8 Å². The van der Waals surface area contributed by atoms with Gasteiger partial charge in [0.1, 0.15) is 26.6 Å². The first kappa shape index (κ1) is 43.5. The van der Waals surface area contributed by atoms with Crippen molar-refractivity contribution in [2.75, 3.05) is 91.8 Å². The lowest BCUT2D eigenvalue weighted by atomic mass is 10.1. The summed E-state index contributed by atoms with van der Waals surface area (Å²) in [7, 11) is 1.90. The van der Waals surface area contributed by atoms with E-state index in [-0.39, 0.29) is 20.6 Å². The molecule has 9 nitrogen and oxygen atoms in total. The Hall–Kier alpha value is -4.68. The molecule has 0 amide bonds. The Bertz CT molecular complexity index is 1500. The van der Waals surface area contributed by atoms with E-state index in [1.54, 1.807) is 12.4 Å². The van der Waals surface area contributed by atoms with Crippen molar-refractivity contribution in [2.45, 2.75) is 14.4 Å². The molecule has 0 bridgehead atoms. The molecular weight excluding hydrogens is 666 g/mol. The third-order valence-electron chi connectivity index (χ3n) is 6.87. The van der Waals surface area contributed by atoms with Crippen LogP contribution in [0, 0.1) is 6.92 Å². The van der Waals surface area contributed by atoms with Crippen molar-refractivity contribution in [2.24, 2.45) is 0 Å². The van der Waals surface area contributed by atoms with E-state index in [2.05, 4.69) is 64.7 Å². The van der Waals surface area contributed by atoms with Crippen molar-refractivity contribution in [1.29, 1.82) is 0 Å². The average molecular weight is 720 g/mol.